The Balaban J connectivity index is 3.62. The maximum atomic E-state index is 6.04. The van der Waals surface area contributed by atoms with Gasteiger partial charge in [0, 0.05) is 23.6 Å². The third-order valence-corrected chi connectivity index (χ3v) is 3.86. The summed E-state index contributed by atoms with van der Waals surface area (Å²) in [5, 5.41) is -0.307. The van der Waals surface area contributed by atoms with Gasteiger partial charge >= 0.3 is 0 Å². The number of hydrogen-bond donors (Lipinski definition) is 0. The van der Waals surface area contributed by atoms with E-state index in [-0.39, 0.29) is 10.8 Å². The van der Waals surface area contributed by atoms with Crippen LogP contribution < -0.4 is 0 Å². The van der Waals surface area contributed by atoms with E-state index in [4.69, 9.17) is 92.8 Å². The van der Waals surface area contributed by atoms with E-state index in [0.717, 1.165) is 25.7 Å². The van der Waals surface area contributed by atoms with Crippen molar-refractivity contribution in [3.05, 3.63) is 0 Å². The van der Waals surface area contributed by atoms with Gasteiger partial charge in [0.1, 0.15) is 0 Å². The van der Waals surface area contributed by atoms with Crippen LogP contribution in [-0.2, 0) is 0 Å². The third kappa shape index (κ3) is 14.7. The number of unbranched alkanes of at least 4 members (excludes halogenated alkanes) is 1. The smallest absolute Gasteiger partial charge is 0.123 e. The van der Waals surface area contributed by atoms with Crippen molar-refractivity contribution in [2.75, 3.05) is 0 Å². The molecule has 110 valence electrons. The Hall–Kier alpha value is 2.32. The van der Waals surface area contributed by atoms with E-state index in [1.165, 1.54) is 0 Å². The van der Waals surface area contributed by atoms with Gasteiger partial charge in [-0.1, -0.05) is 82.4 Å². The molecule has 8 heteroatoms. The Bertz CT molecular complexity index is 195. The largest absolute Gasteiger partial charge is 0.192 e. The van der Waals surface area contributed by atoms with Crippen molar-refractivity contribution in [1.82, 2.24) is 0 Å². The van der Waals surface area contributed by atoms with Crippen molar-refractivity contribution in [2.24, 2.45) is 0 Å². The molecular formula is C10H14Cl8. The maximum absolute atomic E-state index is 6.04. The fourth-order valence-electron chi connectivity index (χ4n) is 1.44. The normalized spacial score (nSPS) is 16.7. The lowest BCUT2D eigenvalue weighted by Gasteiger charge is -2.17. The molecule has 0 spiro atoms. The summed E-state index contributed by atoms with van der Waals surface area (Å²) in [5.74, 6) is 0. The third-order valence-electron chi connectivity index (χ3n) is 2.19. The molecule has 0 radical (unpaired) electrons. The quantitative estimate of drug-likeness (QED) is 0.301. The minimum atomic E-state index is -1.29. The minimum absolute atomic E-state index is 0.153. The average molecular weight is 418 g/mol. The second kappa shape index (κ2) is 9.36. The van der Waals surface area contributed by atoms with E-state index >= 15 is 0 Å². The molecule has 18 heavy (non-hydrogen) atoms. The first-order chi connectivity index (χ1) is 7.99. The predicted molar refractivity (Wildman–Crippen MR) is 87.6 cm³/mol. The van der Waals surface area contributed by atoms with Crippen LogP contribution in [0.5, 0.6) is 0 Å². The molecule has 0 aromatic rings. The highest BCUT2D eigenvalue weighted by atomic mass is 35.6. The SMILES string of the molecule is Cl[C@H](CCCC[C@H](Cl)CC(Cl)(Cl)Cl)CC(Cl)(Cl)Cl. The van der Waals surface area contributed by atoms with Gasteiger partial charge in [-0.05, 0) is 12.8 Å². The molecule has 0 N–H and O–H groups in total. The van der Waals surface area contributed by atoms with Crippen molar-refractivity contribution in [3.8, 4) is 0 Å². The Morgan fingerprint density at radius 3 is 1.11 bits per heavy atom. The summed E-state index contributed by atoms with van der Waals surface area (Å²) in [5.41, 5.74) is 0. The number of rotatable bonds is 7. The van der Waals surface area contributed by atoms with Gasteiger partial charge in [-0.15, -0.1) is 23.2 Å². The van der Waals surface area contributed by atoms with Crippen LogP contribution in [0.1, 0.15) is 38.5 Å². The molecule has 0 saturated carbocycles. The second-order valence-electron chi connectivity index (χ2n) is 4.12. The molecule has 0 nitrogen and oxygen atoms in total. The summed E-state index contributed by atoms with van der Waals surface area (Å²) < 4.78 is -2.59. The van der Waals surface area contributed by atoms with Crippen LogP contribution in [0.25, 0.3) is 0 Å². The Labute approximate surface area is 148 Å². The van der Waals surface area contributed by atoms with Gasteiger partial charge in [-0.2, -0.15) is 0 Å². The van der Waals surface area contributed by atoms with E-state index in [1.54, 1.807) is 0 Å². The zero-order valence-electron chi connectivity index (χ0n) is 9.42. The highest BCUT2D eigenvalue weighted by molar-refractivity contribution is 6.68. The number of hydrogen-bond acceptors (Lipinski definition) is 0. The van der Waals surface area contributed by atoms with Crippen LogP contribution in [0.4, 0.5) is 0 Å². The van der Waals surface area contributed by atoms with Crippen LogP contribution in [-0.4, -0.2) is 18.3 Å². The van der Waals surface area contributed by atoms with Gasteiger partial charge in [-0.25, -0.2) is 0 Å². The lowest BCUT2D eigenvalue weighted by Crippen LogP contribution is -2.13. The van der Waals surface area contributed by atoms with E-state index < -0.39 is 7.59 Å². The zero-order valence-corrected chi connectivity index (χ0v) is 15.5. The number of halogens is 8. The Kier molecular flexibility index (Phi) is 10.6. The first kappa shape index (κ1) is 20.3. The fraction of sp³-hybridized carbons (Fsp3) is 1.00. The van der Waals surface area contributed by atoms with Crippen LogP contribution in [0.3, 0.4) is 0 Å². The topological polar surface area (TPSA) is 0 Å². The van der Waals surface area contributed by atoms with Gasteiger partial charge in [0.15, 0.2) is 7.59 Å². The zero-order chi connectivity index (χ0) is 14.4. The summed E-state index contributed by atoms with van der Waals surface area (Å²) in [6.45, 7) is 0. The standard InChI is InChI=1S/C10H14Cl8/c11-7(5-9(13,14)15)3-1-2-4-8(12)6-10(16,17)18/h7-8H,1-6H2/t7-,8+. The van der Waals surface area contributed by atoms with Crippen molar-refractivity contribution in [3.63, 3.8) is 0 Å². The van der Waals surface area contributed by atoms with Gasteiger partial charge in [-0.3, -0.25) is 0 Å². The van der Waals surface area contributed by atoms with E-state index in [2.05, 4.69) is 0 Å². The van der Waals surface area contributed by atoms with Crippen molar-refractivity contribution in [2.45, 2.75) is 56.9 Å². The molecule has 0 bridgehead atoms. The molecule has 2 atom stereocenters. The highest BCUT2D eigenvalue weighted by Crippen LogP contribution is 2.35. The van der Waals surface area contributed by atoms with E-state index in [0.29, 0.717) is 12.8 Å². The minimum Gasteiger partial charge on any atom is -0.123 e. The molecule has 0 saturated heterocycles. The molecule has 0 aliphatic rings. The van der Waals surface area contributed by atoms with Crippen LogP contribution in [0.15, 0.2) is 0 Å². The summed E-state index contributed by atoms with van der Waals surface area (Å²) >= 11 is 45.9. The van der Waals surface area contributed by atoms with E-state index in [9.17, 15) is 0 Å². The lowest BCUT2D eigenvalue weighted by atomic mass is 10.1. The summed E-state index contributed by atoms with van der Waals surface area (Å²) in [4.78, 5) is 0. The molecule has 0 heterocycles. The molecule has 0 aliphatic carbocycles. The molecule has 0 amide bonds. The van der Waals surface area contributed by atoms with Gasteiger partial charge < -0.3 is 0 Å². The summed E-state index contributed by atoms with van der Waals surface area (Å²) in [6, 6.07) is 0. The fourth-order valence-corrected chi connectivity index (χ4v) is 3.80. The number of alkyl halides is 8. The molecular weight excluding hydrogens is 404 g/mol. The monoisotopic (exact) mass is 414 g/mol. The molecule has 0 aliphatic heterocycles. The van der Waals surface area contributed by atoms with Crippen molar-refractivity contribution in [1.29, 1.82) is 0 Å². The second-order valence-corrected chi connectivity index (χ2v) is 10.4. The van der Waals surface area contributed by atoms with Crippen LogP contribution in [0.2, 0.25) is 0 Å². The van der Waals surface area contributed by atoms with E-state index in [1.807, 2.05) is 0 Å². The summed E-state index contributed by atoms with van der Waals surface area (Å²) in [6.07, 6.45) is 4.00. The molecule has 0 fully saturated rings. The van der Waals surface area contributed by atoms with Crippen LogP contribution >= 0.6 is 92.8 Å². The maximum Gasteiger partial charge on any atom is 0.192 e. The Morgan fingerprint density at radius 2 is 0.889 bits per heavy atom. The first-order valence-electron chi connectivity index (χ1n) is 5.41. The lowest BCUT2D eigenvalue weighted by molar-refractivity contribution is 0.580. The van der Waals surface area contributed by atoms with Gasteiger partial charge in [0.25, 0.3) is 0 Å². The first-order valence-corrected chi connectivity index (χ1v) is 8.55. The average Bonchev–Trinajstić information content (AvgIpc) is 2.06. The van der Waals surface area contributed by atoms with Gasteiger partial charge in [0.05, 0.1) is 0 Å². The Morgan fingerprint density at radius 1 is 0.611 bits per heavy atom. The van der Waals surface area contributed by atoms with Crippen LogP contribution in [0, 0.1) is 0 Å². The van der Waals surface area contributed by atoms with Crippen molar-refractivity contribution < 1.29 is 0 Å². The molecule has 0 rings (SSSR count). The summed E-state index contributed by atoms with van der Waals surface area (Å²) in [7, 11) is 0. The predicted octanol–water partition coefficient (Wildman–Crippen LogP) is 7.28. The molecule has 0 aromatic carbocycles. The molecule has 0 aromatic heterocycles. The molecule has 0 unspecified atom stereocenters. The van der Waals surface area contributed by atoms with Gasteiger partial charge in [0.2, 0.25) is 0 Å². The highest BCUT2D eigenvalue weighted by Gasteiger charge is 2.25. The van der Waals surface area contributed by atoms with Crippen molar-refractivity contribution >= 4 is 92.8 Å².